The molecule has 136 valence electrons. The second-order valence-electron chi connectivity index (χ2n) is 6.09. The number of nitrogens with one attached hydrogen (secondary N) is 2. The van der Waals surface area contributed by atoms with E-state index < -0.39 is 0 Å². The van der Waals surface area contributed by atoms with Gasteiger partial charge in [-0.05, 0) is 51.1 Å². The molecule has 1 atom stereocenters. The molecular weight excluding hydrogens is 330 g/mol. The fourth-order valence-electron chi connectivity index (χ4n) is 2.90. The molecule has 0 fully saturated rings. The lowest BCUT2D eigenvalue weighted by atomic mass is 10.1. The van der Waals surface area contributed by atoms with Gasteiger partial charge in [0.1, 0.15) is 11.4 Å². The van der Waals surface area contributed by atoms with Crippen LogP contribution in [0.25, 0.3) is 11.3 Å². The van der Waals surface area contributed by atoms with Crippen molar-refractivity contribution in [1.29, 1.82) is 0 Å². The Morgan fingerprint density at radius 1 is 1.35 bits per heavy atom. The predicted octanol–water partition coefficient (Wildman–Crippen LogP) is 3.10. The van der Waals surface area contributed by atoms with Crippen molar-refractivity contribution in [3.63, 3.8) is 0 Å². The van der Waals surface area contributed by atoms with E-state index in [1.807, 2.05) is 49.7 Å². The molecule has 1 amide bonds. The summed E-state index contributed by atoms with van der Waals surface area (Å²) in [5, 5.41) is 14.4. The maximum absolute atomic E-state index is 12.5. The van der Waals surface area contributed by atoms with Gasteiger partial charge >= 0.3 is 0 Å². The quantitative estimate of drug-likeness (QED) is 0.713. The molecule has 3 aromatic rings. The second kappa shape index (κ2) is 7.43. The van der Waals surface area contributed by atoms with Crippen LogP contribution < -0.4 is 10.1 Å². The molecule has 1 aromatic carbocycles. The van der Waals surface area contributed by atoms with Crippen molar-refractivity contribution in [3.05, 3.63) is 53.5 Å². The summed E-state index contributed by atoms with van der Waals surface area (Å²) in [6.45, 7) is 6.80. The maximum atomic E-state index is 12.5. The number of methoxy groups -OCH3 is 1. The van der Waals surface area contributed by atoms with Gasteiger partial charge in [0.25, 0.3) is 5.91 Å². The molecule has 2 N–H and O–H groups in total. The highest BCUT2D eigenvalue weighted by Gasteiger charge is 2.18. The number of ether oxygens (including phenoxy) is 1. The minimum Gasteiger partial charge on any atom is -0.497 e. The van der Waals surface area contributed by atoms with Gasteiger partial charge in [0.15, 0.2) is 0 Å². The first kappa shape index (κ1) is 17.7. The van der Waals surface area contributed by atoms with E-state index >= 15 is 0 Å². The Morgan fingerprint density at radius 2 is 2.08 bits per heavy atom. The Morgan fingerprint density at radius 3 is 2.69 bits per heavy atom. The van der Waals surface area contributed by atoms with E-state index in [0.29, 0.717) is 11.4 Å². The van der Waals surface area contributed by atoms with Crippen molar-refractivity contribution in [3.8, 4) is 17.0 Å². The fourth-order valence-corrected chi connectivity index (χ4v) is 2.90. The van der Waals surface area contributed by atoms with Crippen molar-refractivity contribution in [2.75, 3.05) is 7.11 Å². The van der Waals surface area contributed by atoms with E-state index in [9.17, 15) is 4.79 Å². The molecule has 0 bridgehead atoms. The average molecular weight is 353 g/mol. The third-order valence-corrected chi connectivity index (χ3v) is 4.46. The van der Waals surface area contributed by atoms with Crippen molar-refractivity contribution in [1.82, 2.24) is 25.3 Å². The minimum absolute atomic E-state index is 0.143. The van der Waals surface area contributed by atoms with Gasteiger partial charge in [0, 0.05) is 23.4 Å². The normalized spacial score (nSPS) is 12.0. The van der Waals surface area contributed by atoms with Gasteiger partial charge in [-0.15, -0.1) is 0 Å². The largest absolute Gasteiger partial charge is 0.497 e. The van der Waals surface area contributed by atoms with Gasteiger partial charge in [0.2, 0.25) is 0 Å². The molecular formula is C19H23N5O2. The Balaban J connectivity index is 1.72. The molecule has 0 aliphatic rings. The monoisotopic (exact) mass is 353 g/mol. The molecule has 0 radical (unpaired) electrons. The number of hydrogen-bond acceptors (Lipinski definition) is 4. The summed E-state index contributed by atoms with van der Waals surface area (Å²) < 4.78 is 7.07. The van der Waals surface area contributed by atoms with Gasteiger partial charge in [-0.2, -0.15) is 10.2 Å². The molecule has 0 saturated carbocycles. The maximum Gasteiger partial charge on any atom is 0.269 e. The number of carbonyl (C=O) groups excluding carboxylic acids is 1. The van der Waals surface area contributed by atoms with Crippen LogP contribution >= 0.6 is 0 Å². The molecule has 1 unspecified atom stereocenters. The number of aromatic amines is 1. The van der Waals surface area contributed by atoms with E-state index in [1.54, 1.807) is 19.4 Å². The molecule has 26 heavy (non-hydrogen) atoms. The number of carbonyl (C=O) groups is 1. The molecule has 2 heterocycles. The van der Waals surface area contributed by atoms with E-state index in [0.717, 1.165) is 29.1 Å². The van der Waals surface area contributed by atoms with Crippen LogP contribution in [0.15, 0.2) is 36.5 Å². The van der Waals surface area contributed by atoms with Crippen LogP contribution in [-0.4, -0.2) is 33.0 Å². The van der Waals surface area contributed by atoms with Gasteiger partial charge in [-0.1, -0.05) is 0 Å². The fraction of sp³-hybridized carbons (Fsp3) is 0.316. The number of aryl methyl sites for hydroxylation is 1. The van der Waals surface area contributed by atoms with E-state index in [1.165, 1.54) is 0 Å². The lowest BCUT2D eigenvalue weighted by Crippen LogP contribution is -2.27. The van der Waals surface area contributed by atoms with Gasteiger partial charge < -0.3 is 10.1 Å². The molecule has 0 saturated heterocycles. The van der Waals surface area contributed by atoms with Crippen LogP contribution in [0, 0.1) is 6.92 Å². The van der Waals surface area contributed by atoms with Crippen molar-refractivity contribution in [2.45, 2.75) is 33.4 Å². The molecule has 7 heteroatoms. The number of H-pyrrole nitrogens is 1. The van der Waals surface area contributed by atoms with Crippen LogP contribution in [0.1, 0.15) is 41.6 Å². The molecule has 0 spiro atoms. The van der Waals surface area contributed by atoms with Crippen LogP contribution in [0.2, 0.25) is 0 Å². The number of aromatic nitrogens is 4. The number of benzene rings is 1. The van der Waals surface area contributed by atoms with Gasteiger partial charge in [-0.25, -0.2) is 0 Å². The van der Waals surface area contributed by atoms with Crippen molar-refractivity contribution < 1.29 is 9.53 Å². The zero-order chi connectivity index (χ0) is 18.7. The lowest BCUT2D eigenvalue weighted by molar-refractivity contribution is 0.0934. The van der Waals surface area contributed by atoms with Crippen molar-refractivity contribution in [2.24, 2.45) is 0 Å². The highest BCUT2D eigenvalue weighted by molar-refractivity contribution is 5.93. The number of hydrogen-bond donors (Lipinski definition) is 2. The van der Waals surface area contributed by atoms with Crippen molar-refractivity contribution >= 4 is 5.91 Å². The SMILES string of the molecule is CCn1ncc(C(C)NC(=O)c2cc(-c3ccc(OC)cc3)n[nH]2)c1C. The number of amides is 1. The summed E-state index contributed by atoms with van der Waals surface area (Å²) in [4.78, 5) is 12.5. The second-order valence-corrected chi connectivity index (χ2v) is 6.09. The summed E-state index contributed by atoms with van der Waals surface area (Å²) in [6.07, 6.45) is 1.81. The van der Waals surface area contributed by atoms with Crippen LogP contribution in [0.5, 0.6) is 5.75 Å². The van der Waals surface area contributed by atoms with E-state index in [2.05, 4.69) is 20.6 Å². The van der Waals surface area contributed by atoms with Crippen LogP contribution in [0.3, 0.4) is 0 Å². The molecule has 2 aromatic heterocycles. The lowest BCUT2D eigenvalue weighted by Gasteiger charge is -2.13. The Bertz CT molecular complexity index is 895. The standard InChI is InChI=1S/C19H23N5O2/c1-5-24-13(3)16(11-20-24)12(2)21-19(25)18-10-17(22-23-18)14-6-8-15(26-4)9-7-14/h6-12H,5H2,1-4H3,(H,21,25)(H,22,23). The smallest absolute Gasteiger partial charge is 0.269 e. The third-order valence-electron chi connectivity index (χ3n) is 4.46. The topological polar surface area (TPSA) is 84.8 Å². The molecule has 3 rings (SSSR count). The predicted molar refractivity (Wildman–Crippen MR) is 99.1 cm³/mol. The molecule has 7 nitrogen and oxygen atoms in total. The van der Waals surface area contributed by atoms with Crippen LogP contribution in [-0.2, 0) is 6.54 Å². The Labute approximate surface area is 152 Å². The summed E-state index contributed by atoms with van der Waals surface area (Å²) in [5.74, 6) is 0.576. The summed E-state index contributed by atoms with van der Waals surface area (Å²) in [5.41, 5.74) is 4.11. The number of rotatable bonds is 6. The average Bonchev–Trinajstić information content (AvgIpc) is 3.28. The van der Waals surface area contributed by atoms with E-state index in [4.69, 9.17) is 4.74 Å². The highest BCUT2D eigenvalue weighted by atomic mass is 16.5. The first-order chi connectivity index (χ1) is 12.5. The zero-order valence-electron chi connectivity index (χ0n) is 15.4. The molecule has 0 aliphatic heterocycles. The summed E-state index contributed by atoms with van der Waals surface area (Å²) in [7, 11) is 1.62. The third kappa shape index (κ3) is 3.46. The Kier molecular flexibility index (Phi) is 5.06. The molecule has 0 aliphatic carbocycles. The van der Waals surface area contributed by atoms with Gasteiger partial charge in [0.05, 0.1) is 25.0 Å². The minimum atomic E-state index is -0.201. The first-order valence-corrected chi connectivity index (χ1v) is 8.56. The summed E-state index contributed by atoms with van der Waals surface area (Å²) >= 11 is 0. The first-order valence-electron chi connectivity index (χ1n) is 8.56. The summed E-state index contributed by atoms with van der Waals surface area (Å²) in [6, 6.07) is 9.13. The van der Waals surface area contributed by atoms with Crippen LogP contribution in [0.4, 0.5) is 0 Å². The highest BCUT2D eigenvalue weighted by Crippen LogP contribution is 2.22. The van der Waals surface area contributed by atoms with E-state index in [-0.39, 0.29) is 11.9 Å². The zero-order valence-corrected chi connectivity index (χ0v) is 15.4. The van der Waals surface area contributed by atoms with Gasteiger partial charge in [-0.3, -0.25) is 14.6 Å². The number of nitrogens with zero attached hydrogens (tertiary/aromatic N) is 3. The Hall–Kier alpha value is -3.09.